The molecule has 2 rings (SSSR count). The van der Waals surface area contributed by atoms with E-state index in [0.717, 1.165) is 18.7 Å². The molecule has 23 heavy (non-hydrogen) atoms. The Kier molecular flexibility index (Phi) is 6.39. The Morgan fingerprint density at radius 1 is 1.30 bits per heavy atom. The van der Waals surface area contributed by atoms with Gasteiger partial charge in [-0.3, -0.25) is 9.69 Å². The Bertz CT molecular complexity index is 543. The van der Waals surface area contributed by atoms with Crippen LogP contribution in [-0.2, 0) is 11.2 Å². The molecule has 0 radical (unpaired) electrons. The molecule has 1 heterocycles. The lowest BCUT2D eigenvalue weighted by molar-refractivity contribution is -0.135. The van der Waals surface area contributed by atoms with Gasteiger partial charge in [-0.05, 0) is 24.6 Å². The van der Waals surface area contributed by atoms with E-state index < -0.39 is 0 Å². The van der Waals surface area contributed by atoms with Crippen LogP contribution < -0.4 is 4.74 Å². The molecule has 0 bridgehead atoms. The van der Waals surface area contributed by atoms with Crippen molar-refractivity contribution in [2.75, 3.05) is 39.3 Å². The van der Waals surface area contributed by atoms with Gasteiger partial charge >= 0.3 is 0 Å². The maximum atomic E-state index is 12.2. The molecule has 1 N–H and O–H groups in total. The number of amides is 1. The van der Waals surface area contributed by atoms with Crippen LogP contribution in [0.25, 0.3) is 0 Å². The number of ether oxygens (including phenoxy) is 1. The number of nitrogens with zero attached hydrogens (tertiary/aromatic N) is 3. The molecule has 1 aliphatic rings. The minimum atomic E-state index is -0.343. The summed E-state index contributed by atoms with van der Waals surface area (Å²) >= 11 is 0. The van der Waals surface area contributed by atoms with Gasteiger partial charge < -0.3 is 14.7 Å². The smallest absolute Gasteiger partial charge is 0.260 e. The van der Waals surface area contributed by atoms with Crippen molar-refractivity contribution in [1.82, 2.24) is 9.80 Å². The normalized spacial score (nSPS) is 16.7. The zero-order valence-corrected chi connectivity index (χ0v) is 13.4. The van der Waals surface area contributed by atoms with E-state index in [-0.39, 0.29) is 18.6 Å². The first-order chi connectivity index (χ1) is 11.1. The number of β-amino-alcohol motifs (C(OH)–C–C–N with tert-alkyl or cyclic N) is 1. The summed E-state index contributed by atoms with van der Waals surface area (Å²) < 4.78 is 5.52. The van der Waals surface area contributed by atoms with Crippen molar-refractivity contribution in [2.24, 2.45) is 0 Å². The molecule has 1 aromatic rings. The molecule has 6 nitrogen and oxygen atoms in total. The molecule has 1 fully saturated rings. The monoisotopic (exact) mass is 317 g/mol. The molecular weight excluding hydrogens is 294 g/mol. The summed E-state index contributed by atoms with van der Waals surface area (Å²) in [5, 5.41) is 18.0. The highest BCUT2D eigenvalue weighted by atomic mass is 16.5. The van der Waals surface area contributed by atoms with Crippen molar-refractivity contribution in [2.45, 2.75) is 19.4 Å². The fourth-order valence-electron chi connectivity index (χ4n) is 2.58. The van der Waals surface area contributed by atoms with Gasteiger partial charge in [0.15, 0.2) is 6.61 Å². The third-order valence-corrected chi connectivity index (χ3v) is 3.82. The average Bonchev–Trinajstić information content (AvgIpc) is 2.54. The van der Waals surface area contributed by atoms with Crippen LogP contribution in [0.3, 0.4) is 0 Å². The minimum Gasteiger partial charge on any atom is -0.484 e. The van der Waals surface area contributed by atoms with E-state index in [9.17, 15) is 9.90 Å². The van der Waals surface area contributed by atoms with Gasteiger partial charge in [-0.25, -0.2) is 0 Å². The fourth-order valence-corrected chi connectivity index (χ4v) is 2.58. The van der Waals surface area contributed by atoms with Crippen LogP contribution in [0.4, 0.5) is 0 Å². The molecular formula is C17H23N3O3. The van der Waals surface area contributed by atoms with Gasteiger partial charge in [0.2, 0.25) is 0 Å². The molecule has 0 saturated carbocycles. The first-order valence-corrected chi connectivity index (χ1v) is 7.85. The van der Waals surface area contributed by atoms with Crippen LogP contribution >= 0.6 is 0 Å². The number of carbonyl (C=O) groups is 1. The summed E-state index contributed by atoms with van der Waals surface area (Å²) in [6.45, 7) is 5.32. The molecule has 6 heteroatoms. The number of rotatable bonds is 6. The molecule has 0 spiro atoms. The van der Waals surface area contributed by atoms with Gasteiger partial charge in [0, 0.05) is 32.7 Å². The van der Waals surface area contributed by atoms with E-state index >= 15 is 0 Å². The average molecular weight is 317 g/mol. The third kappa shape index (κ3) is 5.55. The molecule has 124 valence electrons. The van der Waals surface area contributed by atoms with E-state index in [1.165, 1.54) is 0 Å². The summed E-state index contributed by atoms with van der Waals surface area (Å²) in [6.07, 6.45) is 0.0280. The largest absolute Gasteiger partial charge is 0.484 e. The Morgan fingerprint density at radius 3 is 2.52 bits per heavy atom. The lowest BCUT2D eigenvalue weighted by Crippen LogP contribution is -2.51. The first kappa shape index (κ1) is 17.3. The highest BCUT2D eigenvalue weighted by Gasteiger charge is 2.21. The van der Waals surface area contributed by atoms with E-state index in [1.807, 2.05) is 12.1 Å². The van der Waals surface area contributed by atoms with Gasteiger partial charge in [0.25, 0.3) is 5.91 Å². The second-order valence-corrected chi connectivity index (χ2v) is 5.80. The number of piperazine rings is 1. The Hall–Kier alpha value is -2.10. The predicted molar refractivity (Wildman–Crippen MR) is 86.0 cm³/mol. The van der Waals surface area contributed by atoms with Crippen LogP contribution in [0.5, 0.6) is 5.75 Å². The molecule has 0 aliphatic carbocycles. The minimum absolute atomic E-state index is 0.0218. The topological polar surface area (TPSA) is 76.8 Å². The second kappa shape index (κ2) is 8.51. The zero-order chi connectivity index (χ0) is 16.7. The number of nitriles is 1. The number of hydrogen-bond acceptors (Lipinski definition) is 5. The van der Waals surface area contributed by atoms with Crippen molar-refractivity contribution >= 4 is 5.91 Å². The molecule has 1 saturated heterocycles. The number of carbonyl (C=O) groups excluding carboxylic acids is 1. The first-order valence-electron chi connectivity index (χ1n) is 7.85. The second-order valence-electron chi connectivity index (χ2n) is 5.80. The standard InChI is InChI=1S/C17H23N3O3/c1-14(21)12-19-8-10-20(11-9-19)17(22)13-23-16-4-2-15(3-5-16)6-7-18/h2-5,14,21H,6,8-13H2,1H3/t14-/m0/s1. The number of benzene rings is 1. The SMILES string of the molecule is C[C@H](O)CN1CCN(C(=O)COc2ccc(CC#N)cc2)CC1. The van der Waals surface area contributed by atoms with Crippen molar-refractivity contribution in [3.8, 4) is 11.8 Å². The Morgan fingerprint density at radius 2 is 1.96 bits per heavy atom. The van der Waals surface area contributed by atoms with Crippen LogP contribution in [0.2, 0.25) is 0 Å². The van der Waals surface area contributed by atoms with Crippen LogP contribution in [-0.4, -0.2) is 66.2 Å². The molecule has 1 aromatic carbocycles. The number of hydrogen-bond donors (Lipinski definition) is 1. The van der Waals surface area contributed by atoms with Crippen LogP contribution in [0, 0.1) is 11.3 Å². The molecule has 1 amide bonds. The van der Waals surface area contributed by atoms with Gasteiger partial charge in [-0.2, -0.15) is 5.26 Å². The lowest BCUT2D eigenvalue weighted by atomic mass is 10.2. The summed E-state index contributed by atoms with van der Waals surface area (Å²) in [7, 11) is 0. The Balaban J connectivity index is 1.74. The highest BCUT2D eigenvalue weighted by molar-refractivity contribution is 5.77. The molecule has 0 aromatic heterocycles. The Labute approximate surface area is 136 Å². The van der Waals surface area contributed by atoms with Crippen LogP contribution in [0.1, 0.15) is 12.5 Å². The number of aliphatic hydroxyl groups excluding tert-OH is 1. The summed E-state index contributed by atoms with van der Waals surface area (Å²) in [6, 6.07) is 9.31. The van der Waals surface area contributed by atoms with E-state index in [4.69, 9.17) is 10.00 Å². The molecule has 1 atom stereocenters. The maximum Gasteiger partial charge on any atom is 0.260 e. The number of aliphatic hydroxyl groups is 1. The van der Waals surface area contributed by atoms with E-state index in [1.54, 1.807) is 24.0 Å². The quantitative estimate of drug-likeness (QED) is 0.834. The van der Waals surface area contributed by atoms with Crippen molar-refractivity contribution < 1.29 is 14.6 Å². The zero-order valence-electron chi connectivity index (χ0n) is 13.4. The predicted octanol–water partition coefficient (Wildman–Crippen LogP) is 0.656. The van der Waals surface area contributed by atoms with E-state index in [0.29, 0.717) is 31.8 Å². The summed E-state index contributed by atoms with van der Waals surface area (Å²) in [4.78, 5) is 16.1. The van der Waals surface area contributed by atoms with Gasteiger partial charge in [0.1, 0.15) is 5.75 Å². The third-order valence-electron chi connectivity index (χ3n) is 3.82. The van der Waals surface area contributed by atoms with Gasteiger partial charge in [0.05, 0.1) is 18.6 Å². The van der Waals surface area contributed by atoms with E-state index in [2.05, 4.69) is 11.0 Å². The van der Waals surface area contributed by atoms with Crippen molar-refractivity contribution in [1.29, 1.82) is 5.26 Å². The summed E-state index contributed by atoms with van der Waals surface area (Å²) in [5.74, 6) is 0.607. The maximum absolute atomic E-state index is 12.2. The fraction of sp³-hybridized carbons (Fsp3) is 0.529. The van der Waals surface area contributed by atoms with Crippen LogP contribution in [0.15, 0.2) is 24.3 Å². The summed E-state index contributed by atoms with van der Waals surface area (Å²) in [5.41, 5.74) is 0.931. The van der Waals surface area contributed by atoms with Gasteiger partial charge in [-0.15, -0.1) is 0 Å². The molecule has 1 aliphatic heterocycles. The van der Waals surface area contributed by atoms with Crippen molar-refractivity contribution in [3.05, 3.63) is 29.8 Å². The highest BCUT2D eigenvalue weighted by Crippen LogP contribution is 2.13. The van der Waals surface area contributed by atoms with Gasteiger partial charge in [-0.1, -0.05) is 12.1 Å². The molecule has 0 unspecified atom stereocenters. The van der Waals surface area contributed by atoms with Crippen molar-refractivity contribution in [3.63, 3.8) is 0 Å². The lowest BCUT2D eigenvalue weighted by Gasteiger charge is -2.35.